The molecule has 1 unspecified atom stereocenters. The molecule has 1 heterocycles. The van der Waals surface area contributed by atoms with Crippen LogP contribution in [0.4, 0.5) is 0 Å². The molecule has 0 radical (unpaired) electrons. The Kier molecular flexibility index (Phi) is 5.37. The van der Waals surface area contributed by atoms with Crippen LogP contribution < -0.4 is 0 Å². The number of carbonyl (C=O) groups is 1. The molecule has 1 atom stereocenters. The number of halogens is 1. The molecule has 0 spiro atoms. The number of nitrogens with zero attached hydrogens (tertiary/aromatic N) is 1. The van der Waals surface area contributed by atoms with Gasteiger partial charge >= 0.3 is 0 Å². The Morgan fingerprint density at radius 2 is 2.05 bits per heavy atom. The number of ketones is 1. The molecule has 3 nitrogen and oxygen atoms in total. The largest absolute Gasteiger partial charge is 0.396 e. The van der Waals surface area contributed by atoms with Crippen LogP contribution in [0.1, 0.15) is 36.0 Å². The second-order valence-electron chi connectivity index (χ2n) is 5.06. The van der Waals surface area contributed by atoms with Gasteiger partial charge in [0.2, 0.25) is 0 Å². The van der Waals surface area contributed by atoms with E-state index in [0.29, 0.717) is 23.2 Å². The SMILES string of the molecule is O=C(CN1CCCCC1CCO)c1ccc(Cl)cc1. The van der Waals surface area contributed by atoms with E-state index >= 15 is 0 Å². The van der Waals surface area contributed by atoms with Crippen LogP contribution in [0.15, 0.2) is 24.3 Å². The Morgan fingerprint density at radius 3 is 2.74 bits per heavy atom. The molecule has 1 saturated heterocycles. The number of hydrogen-bond acceptors (Lipinski definition) is 3. The van der Waals surface area contributed by atoms with Gasteiger partial charge in [-0.3, -0.25) is 9.69 Å². The van der Waals surface area contributed by atoms with Gasteiger partial charge in [0, 0.05) is 23.2 Å². The number of rotatable bonds is 5. The van der Waals surface area contributed by atoms with Crippen LogP contribution in [0.25, 0.3) is 0 Å². The second kappa shape index (κ2) is 7.04. The summed E-state index contributed by atoms with van der Waals surface area (Å²) in [4.78, 5) is 14.4. The number of aliphatic hydroxyl groups excluding tert-OH is 1. The van der Waals surface area contributed by atoms with E-state index in [9.17, 15) is 4.79 Å². The highest BCUT2D eigenvalue weighted by atomic mass is 35.5. The predicted molar refractivity (Wildman–Crippen MR) is 76.7 cm³/mol. The normalized spacial score (nSPS) is 20.4. The molecule has 2 rings (SSSR count). The first-order valence-corrected chi connectivity index (χ1v) is 7.22. The van der Waals surface area contributed by atoms with Gasteiger partial charge in [0.15, 0.2) is 5.78 Å². The maximum atomic E-state index is 12.2. The first kappa shape index (κ1) is 14.5. The van der Waals surface area contributed by atoms with E-state index in [2.05, 4.69) is 4.90 Å². The molecule has 0 aliphatic carbocycles. The standard InChI is InChI=1S/C15H20ClNO2/c16-13-6-4-12(5-7-13)15(19)11-17-9-2-1-3-14(17)8-10-18/h4-7,14,18H,1-3,8-11H2. The van der Waals surface area contributed by atoms with Crippen molar-refractivity contribution < 1.29 is 9.90 Å². The summed E-state index contributed by atoms with van der Waals surface area (Å²) < 4.78 is 0. The molecule has 104 valence electrons. The lowest BCUT2D eigenvalue weighted by molar-refractivity contribution is 0.0799. The smallest absolute Gasteiger partial charge is 0.176 e. The van der Waals surface area contributed by atoms with E-state index in [1.54, 1.807) is 24.3 Å². The second-order valence-corrected chi connectivity index (χ2v) is 5.50. The van der Waals surface area contributed by atoms with Crippen LogP contribution in [0.5, 0.6) is 0 Å². The van der Waals surface area contributed by atoms with Crippen molar-refractivity contribution in [3.8, 4) is 0 Å². The summed E-state index contributed by atoms with van der Waals surface area (Å²) in [6, 6.07) is 7.38. The molecule has 0 bridgehead atoms. The number of hydrogen-bond donors (Lipinski definition) is 1. The average Bonchev–Trinajstić information content (AvgIpc) is 2.42. The first-order chi connectivity index (χ1) is 9.20. The van der Waals surface area contributed by atoms with Crippen molar-refractivity contribution in [2.24, 2.45) is 0 Å². The Morgan fingerprint density at radius 1 is 1.32 bits per heavy atom. The lowest BCUT2D eigenvalue weighted by Crippen LogP contribution is -2.43. The molecular weight excluding hydrogens is 262 g/mol. The fraction of sp³-hybridized carbons (Fsp3) is 0.533. The average molecular weight is 282 g/mol. The Bertz CT molecular complexity index is 417. The topological polar surface area (TPSA) is 40.5 Å². The quantitative estimate of drug-likeness (QED) is 0.844. The van der Waals surface area contributed by atoms with Crippen molar-refractivity contribution in [2.75, 3.05) is 19.7 Å². The van der Waals surface area contributed by atoms with Crippen LogP contribution in [0.3, 0.4) is 0 Å². The van der Waals surface area contributed by atoms with Crippen LogP contribution >= 0.6 is 11.6 Å². The van der Waals surface area contributed by atoms with Gasteiger partial charge in [-0.15, -0.1) is 0 Å². The van der Waals surface area contributed by atoms with Gasteiger partial charge in [-0.2, -0.15) is 0 Å². The molecule has 1 N–H and O–H groups in total. The number of Topliss-reactive ketones (excluding diaryl/α,β-unsaturated/α-hetero) is 1. The molecule has 1 fully saturated rings. The summed E-state index contributed by atoms with van der Waals surface area (Å²) >= 11 is 5.82. The third kappa shape index (κ3) is 4.03. The monoisotopic (exact) mass is 281 g/mol. The Labute approximate surface area is 119 Å². The Hall–Kier alpha value is -0.900. The summed E-state index contributed by atoms with van der Waals surface area (Å²) in [5.74, 6) is 0.126. The minimum absolute atomic E-state index is 0.126. The minimum Gasteiger partial charge on any atom is -0.396 e. The lowest BCUT2D eigenvalue weighted by Gasteiger charge is -2.34. The molecule has 0 aromatic heterocycles. The summed E-state index contributed by atoms with van der Waals surface area (Å²) in [5, 5.41) is 9.74. The van der Waals surface area contributed by atoms with Gasteiger partial charge in [-0.1, -0.05) is 18.0 Å². The van der Waals surface area contributed by atoms with Gasteiger partial charge in [0.1, 0.15) is 0 Å². The number of aliphatic hydroxyl groups is 1. The fourth-order valence-electron chi connectivity index (χ4n) is 2.66. The van der Waals surface area contributed by atoms with E-state index in [4.69, 9.17) is 16.7 Å². The number of benzene rings is 1. The number of likely N-dealkylation sites (tertiary alicyclic amines) is 1. The minimum atomic E-state index is 0.126. The van der Waals surface area contributed by atoms with Crippen molar-refractivity contribution in [1.29, 1.82) is 0 Å². The van der Waals surface area contributed by atoms with E-state index < -0.39 is 0 Å². The predicted octanol–water partition coefficient (Wildman–Crippen LogP) is 2.76. The van der Waals surface area contributed by atoms with Crippen LogP contribution in [0.2, 0.25) is 5.02 Å². The van der Waals surface area contributed by atoms with Crippen LogP contribution in [-0.2, 0) is 0 Å². The van der Waals surface area contributed by atoms with E-state index in [1.165, 1.54) is 6.42 Å². The molecule has 1 aliphatic heterocycles. The summed E-state index contributed by atoms with van der Waals surface area (Å²) in [5.41, 5.74) is 0.706. The van der Waals surface area contributed by atoms with Crippen LogP contribution in [-0.4, -0.2) is 41.5 Å². The van der Waals surface area contributed by atoms with Crippen LogP contribution in [0, 0.1) is 0 Å². The maximum absolute atomic E-state index is 12.2. The van der Waals surface area contributed by atoms with Gasteiger partial charge in [-0.05, 0) is 50.1 Å². The van der Waals surface area contributed by atoms with Crippen molar-refractivity contribution in [3.63, 3.8) is 0 Å². The number of carbonyl (C=O) groups excluding carboxylic acids is 1. The highest BCUT2D eigenvalue weighted by molar-refractivity contribution is 6.30. The fourth-order valence-corrected chi connectivity index (χ4v) is 2.78. The van der Waals surface area contributed by atoms with Gasteiger partial charge in [0.25, 0.3) is 0 Å². The summed E-state index contributed by atoms with van der Waals surface area (Å²) in [6.45, 7) is 1.58. The molecular formula is C15H20ClNO2. The molecule has 1 aromatic carbocycles. The van der Waals surface area contributed by atoms with E-state index in [-0.39, 0.29) is 12.4 Å². The third-order valence-electron chi connectivity index (χ3n) is 3.72. The van der Waals surface area contributed by atoms with Crippen molar-refractivity contribution in [2.45, 2.75) is 31.7 Å². The summed E-state index contributed by atoms with van der Waals surface area (Å²) in [6.07, 6.45) is 4.16. The molecule has 0 saturated carbocycles. The van der Waals surface area contributed by atoms with E-state index in [1.807, 2.05) is 0 Å². The molecule has 1 aromatic rings. The van der Waals surface area contributed by atoms with Gasteiger partial charge in [0.05, 0.1) is 6.54 Å². The lowest BCUT2D eigenvalue weighted by atomic mass is 9.98. The third-order valence-corrected chi connectivity index (χ3v) is 3.98. The molecule has 1 aliphatic rings. The van der Waals surface area contributed by atoms with Crippen molar-refractivity contribution in [1.82, 2.24) is 4.90 Å². The summed E-state index contributed by atoms with van der Waals surface area (Å²) in [7, 11) is 0. The zero-order chi connectivity index (χ0) is 13.7. The highest BCUT2D eigenvalue weighted by Gasteiger charge is 2.24. The van der Waals surface area contributed by atoms with Crippen molar-refractivity contribution in [3.05, 3.63) is 34.9 Å². The molecule has 19 heavy (non-hydrogen) atoms. The van der Waals surface area contributed by atoms with E-state index in [0.717, 1.165) is 25.8 Å². The zero-order valence-corrected chi connectivity index (χ0v) is 11.8. The van der Waals surface area contributed by atoms with Gasteiger partial charge in [-0.25, -0.2) is 0 Å². The number of piperidine rings is 1. The zero-order valence-electron chi connectivity index (χ0n) is 11.0. The van der Waals surface area contributed by atoms with Crippen molar-refractivity contribution >= 4 is 17.4 Å². The Balaban J connectivity index is 1.98. The highest BCUT2D eigenvalue weighted by Crippen LogP contribution is 2.20. The molecule has 4 heteroatoms. The molecule has 0 amide bonds. The van der Waals surface area contributed by atoms with Gasteiger partial charge < -0.3 is 5.11 Å². The first-order valence-electron chi connectivity index (χ1n) is 6.84. The maximum Gasteiger partial charge on any atom is 0.176 e.